The molecule has 0 radical (unpaired) electrons. The molecule has 1 amide bonds. The number of nitrogens with zero attached hydrogens (tertiary/aromatic N) is 3. The molecule has 0 bridgehead atoms. The van der Waals surface area contributed by atoms with Crippen molar-refractivity contribution in [1.82, 2.24) is 13.3 Å². The fraction of sp³-hybridized carbons (Fsp3) is 0.143. The molecule has 1 aromatic carbocycles. The molecule has 3 rings (SSSR count). The van der Waals surface area contributed by atoms with Crippen molar-refractivity contribution in [2.75, 3.05) is 5.32 Å². The highest BCUT2D eigenvalue weighted by Crippen LogP contribution is 2.29. The van der Waals surface area contributed by atoms with Crippen LogP contribution < -0.4 is 10.9 Å². The van der Waals surface area contributed by atoms with E-state index in [9.17, 15) is 22.8 Å². The third kappa shape index (κ3) is 3.64. The second-order valence-corrected chi connectivity index (χ2v) is 5.93. The van der Waals surface area contributed by atoms with E-state index in [1.165, 1.54) is 0 Å². The number of rotatable bonds is 3. The molecule has 2 aromatic heterocycles. The van der Waals surface area contributed by atoms with E-state index in [1.54, 1.807) is 18.2 Å². The summed E-state index contributed by atoms with van der Waals surface area (Å²) in [6.45, 7) is -0.629. The highest BCUT2D eigenvalue weighted by molar-refractivity contribution is 7.00. The van der Waals surface area contributed by atoms with E-state index in [1.807, 2.05) is 0 Å². The Morgan fingerprint density at radius 1 is 1.32 bits per heavy atom. The number of hydrogen-bond donors (Lipinski definition) is 1. The first-order chi connectivity index (χ1) is 11.8. The standard InChI is InChI=1S/C14H8ClF3N4O2S/c15-8-4-7(14(16,17)18)5-22(13(8)24)6-11(23)19-9-2-1-3-10-12(9)21-25-20-10/h1-5H,6H2,(H,19,23). The molecule has 0 unspecified atom stereocenters. The van der Waals surface area contributed by atoms with Crippen LogP contribution in [0.2, 0.25) is 5.02 Å². The van der Waals surface area contributed by atoms with Crippen LogP contribution in [0.5, 0.6) is 0 Å². The fourth-order valence-electron chi connectivity index (χ4n) is 2.12. The van der Waals surface area contributed by atoms with Crippen LogP contribution >= 0.6 is 23.3 Å². The van der Waals surface area contributed by atoms with Crippen molar-refractivity contribution in [2.24, 2.45) is 0 Å². The lowest BCUT2D eigenvalue weighted by Crippen LogP contribution is -2.29. The number of carbonyl (C=O) groups is 1. The number of carbonyl (C=O) groups excluding carboxylic acids is 1. The maximum Gasteiger partial charge on any atom is 0.417 e. The number of hydrogen-bond acceptors (Lipinski definition) is 5. The van der Waals surface area contributed by atoms with Crippen molar-refractivity contribution < 1.29 is 18.0 Å². The minimum absolute atomic E-state index is 0.349. The van der Waals surface area contributed by atoms with Gasteiger partial charge in [0, 0.05) is 6.20 Å². The number of anilines is 1. The van der Waals surface area contributed by atoms with Crippen LogP contribution in [0.4, 0.5) is 18.9 Å². The molecule has 1 N–H and O–H groups in total. The third-order valence-corrected chi connectivity index (χ3v) is 4.06. The molecule has 0 aliphatic rings. The van der Waals surface area contributed by atoms with Gasteiger partial charge in [-0.05, 0) is 18.2 Å². The first-order valence-corrected chi connectivity index (χ1v) is 7.85. The van der Waals surface area contributed by atoms with Crippen molar-refractivity contribution in [3.05, 3.63) is 51.4 Å². The summed E-state index contributed by atoms with van der Waals surface area (Å²) in [4.78, 5) is 24.0. The first kappa shape index (κ1) is 17.4. The van der Waals surface area contributed by atoms with Crippen LogP contribution in [0.15, 0.2) is 35.3 Å². The summed E-state index contributed by atoms with van der Waals surface area (Å²) in [5.74, 6) is -0.696. The molecule has 0 saturated heterocycles. The van der Waals surface area contributed by atoms with Crippen molar-refractivity contribution in [3.63, 3.8) is 0 Å². The minimum Gasteiger partial charge on any atom is -0.323 e. The Kier molecular flexibility index (Phi) is 4.48. The molecule has 0 saturated carbocycles. The van der Waals surface area contributed by atoms with Crippen molar-refractivity contribution >= 4 is 46.0 Å². The molecule has 3 aromatic rings. The molecule has 0 aliphatic heterocycles. The zero-order valence-corrected chi connectivity index (χ0v) is 13.7. The van der Waals surface area contributed by atoms with Gasteiger partial charge < -0.3 is 9.88 Å². The minimum atomic E-state index is -4.69. The number of nitrogens with one attached hydrogen (secondary N) is 1. The van der Waals surface area contributed by atoms with Crippen molar-refractivity contribution in [1.29, 1.82) is 0 Å². The Balaban J connectivity index is 1.87. The second-order valence-electron chi connectivity index (χ2n) is 4.99. The van der Waals surface area contributed by atoms with E-state index in [-0.39, 0.29) is 0 Å². The van der Waals surface area contributed by atoms with Crippen LogP contribution in [0, 0.1) is 0 Å². The normalized spacial score (nSPS) is 11.7. The summed E-state index contributed by atoms with van der Waals surface area (Å²) < 4.78 is 47.1. The number of aromatic nitrogens is 3. The van der Waals surface area contributed by atoms with Gasteiger partial charge in [-0.3, -0.25) is 9.59 Å². The fourth-order valence-corrected chi connectivity index (χ4v) is 2.90. The number of alkyl halides is 3. The van der Waals surface area contributed by atoms with Gasteiger partial charge in [-0.2, -0.15) is 21.9 Å². The van der Waals surface area contributed by atoms with Crippen LogP contribution in [-0.2, 0) is 17.5 Å². The summed E-state index contributed by atoms with van der Waals surface area (Å²) >= 11 is 6.51. The lowest BCUT2D eigenvalue weighted by molar-refractivity contribution is -0.138. The summed E-state index contributed by atoms with van der Waals surface area (Å²) in [6.07, 6.45) is -4.13. The van der Waals surface area contributed by atoms with E-state index in [4.69, 9.17) is 11.6 Å². The van der Waals surface area contributed by atoms with Crippen LogP contribution in [0.1, 0.15) is 5.56 Å². The molecular formula is C14H8ClF3N4O2S. The van der Waals surface area contributed by atoms with Crippen molar-refractivity contribution in [2.45, 2.75) is 12.7 Å². The predicted octanol–water partition coefficient (Wildman–Crippen LogP) is 3.16. The summed E-state index contributed by atoms with van der Waals surface area (Å²) in [7, 11) is 0. The van der Waals surface area contributed by atoms with E-state index in [0.717, 1.165) is 11.7 Å². The molecule has 0 fully saturated rings. The first-order valence-electron chi connectivity index (χ1n) is 6.74. The Labute approximate surface area is 147 Å². The number of pyridine rings is 1. The Morgan fingerprint density at radius 3 is 2.80 bits per heavy atom. The highest BCUT2D eigenvalue weighted by Gasteiger charge is 2.32. The van der Waals surface area contributed by atoms with E-state index in [2.05, 4.69) is 14.1 Å². The van der Waals surface area contributed by atoms with Gasteiger partial charge in [-0.1, -0.05) is 17.7 Å². The Morgan fingerprint density at radius 2 is 2.08 bits per heavy atom. The smallest absolute Gasteiger partial charge is 0.323 e. The molecular weight excluding hydrogens is 381 g/mol. The van der Waals surface area contributed by atoms with Gasteiger partial charge in [-0.25, -0.2) is 0 Å². The molecule has 11 heteroatoms. The lowest BCUT2D eigenvalue weighted by Gasteiger charge is -2.12. The summed E-state index contributed by atoms with van der Waals surface area (Å²) in [5.41, 5.74) is -0.631. The molecule has 0 aliphatic carbocycles. The maximum atomic E-state index is 12.8. The average molecular weight is 389 g/mol. The van der Waals surface area contributed by atoms with E-state index < -0.39 is 34.8 Å². The zero-order valence-electron chi connectivity index (χ0n) is 12.2. The molecule has 130 valence electrons. The highest BCUT2D eigenvalue weighted by atomic mass is 35.5. The van der Waals surface area contributed by atoms with Crippen LogP contribution in [0.25, 0.3) is 11.0 Å². The number of halogens is 4. The lowest BCUT2D eigenvalue weighted by atomic mass is 10.2. The Bertz CT molecular complexity index is 1020. The van der Waals surface area contributed by atoms with Crippen LogP contribution in [-0.4, -0.2) is 19.2 Å². The van der Waals surface area contributed by atoms with Gasteiger partial charge in [0.2, 0.25) is 5.91 Å². The predicted molar refractivity (Wildman–Crippen MR) is 86.8 cm³/mol. The van der Waals surface area contributed by atoms with E-state index in [0.29, 0.717) is 33.6 Å². The topological polar surface area (TPSA) is 76.9 Å². The summed E-state index contributed by atoms with van der Waals surface area (Å²) in [5, 5.41) is 1.89. The largest absolute Gasteiger partial charge is 0.417 e. The molecule has 6 nitrogen and oxygen atoms in total. The van der Waals surface area contributed by atoms with Crippen LogP contribution in [0.3, 0.4) is 0 Å². The number of benzene rings is 1. The molecule has 2 heterocycles. The Hall–Kier alpha value is -2.46. The maximum absolute atomic E-state index is 12.8. The zero-order chi connectivity index (χ0) is 18.2. The second kappa shape index (κ2) is 6.45. The van der Waals surface area contributed by atoms with Gasteiger partial charge in [0.1, 0.15) is 22.6 Å². The van der Waals surface area contributed by atoms with Gasteiger partial charge in [0.15, 0.2) is 0 Å². The quantitative estimate of drug-likeness (QED) is 0.747. The molecule has 25 heavy (non-hydrogen) atoms. The van der Waals surface area contributed by atoms with Gasteiger partial charge in [0.25, 0.3) is 5.56 Å². The average Bonchev–Trinajstić information content (AvgIpc) is 3.00. The number of fused-ring (bicyclic) bond motifs is 1. The van der Waals surface area contributed by atoms with E-state index >= 15 is 0 Å². The summed E-state index contributed by atoms with van der Waals surface area (Å²) in [6, 6.07) is 5.45. The molecule has 0 atom stereocenters. The van der Waals surface area contributed by atoms with Crippen molar-refractivity contribution in [3.8, 4) is 0 Å². The van der Waals surface area contributed by atoms with Gasteiger partial charge >= 0.3 is 6.18 Å². The number of amides is 1. The third-order valence-electron chi connectivity index (χ3n) is 3.24. The monoisotopic (exact) mass is 388 g/mol. The van der Waals surface area contributed by atoms with Gasteiger partial charge in [-0.15, -0.1) is 0 Å². The van der Waals surface area contributed by atoms with Gasteiger partial charge in [0.05, 0.1) is 23.0 Å². The molecule has 0 spiro atoms. The SMILES string of the molecule is O=C(Cn1cc(C(F)(F)F)cc(Cl)c1=O)Nc1cccc2nsnc12.